The van der Waals surface area contributed by atoms with Crippen LogP contribution in [-0.4, -0.2) is 58.3 Å². The zero-order valence-corrected chi connectivity index (χ0v) is 24.7. The highest BCUT2D eigenvalue weighted by molar-refractivity contribution is 5.96. The number of terminal acetylenes is 1. The standard InChI is InChI=1S/C33H42N2O7/c1-5-33(40)15-12-25-23-8-7-21-18-22(10-13-31(21,2)24(23)11-14-32(25,33)3)35-42-19-29(38)34-26(30(39)41-4)16-20-6-9-27(36)28(37)17-20/h1,6,9,17-18,23-26,36-37,40H,7-8,10-16,19H2,2-4H3,(H,34,38)/b35-22+/t23-,24-,25-,26+,31+,32+,33-/m1/s1. The summed E-state index contributed by atoms with van der Waals surface area (Å²) in [6.07, 6.45) is 15.5. The normalized spacial score (nSPS) is 35.1. The van der Waals surface area contributed by atoms with Crippen LogP contribution in [0.1, 0.15) is 70.8 Å². The SMILES string of the molecule is C#C[C@@]1(O)CC[C@@H]2[C@@H]3CCC4=C/C(=N/OCC(=O)N[C@@H](Cc5ccc(O)c(O)c5)C(=O)OC)CC[C@]4(C)[C@@H]3CC[C@@]21C. The number of oxime groups is 1. The molecule has 1 amide bonds. The number of hydrogen-bond acceptors (Lipinski definition) is 8. The van der Waals surface area contributed by atoms with Gasteiger partial charge in [-0.25, -0.2) is 4.79 Å². The lowest BCUT2D eigenvalue weighted by Crippen LogP contribution is -2.54. The quantitative estimate of drug-likeness (QED) is 0.166. The van der Waals surface area contributed by atoms with E-state index in [0.29, 0.717) is 29.7 Å². The van der Waals surface area contributed by atoms with Crippen molar-refractivity contribution in [2.45, 2.75) is 83.3 Å². The number of allylic oxidation sites excluding steroid dienone is 2. The van der Waals surface area contributed by atoms with E-state index < -0.39 is 23.5 Å². The number of nitrogens with one attached hydrogen (secondary N) is 1. The fourth-order valence-corrected chi connectivity index (χ4v) is 8.57. The summed E-state index contributed by atoms with van der Waals surface area (Å²) in [5, 5.41) is 37.4. The molecule has 0 aromatic heterocycles. The number of fused-ring (bicyclic) bond motifs is 5. The van der Waals surface area contributed by atoms with E-state index in [1.165, 1.54) is 24.8 Å². The molecule has 9 nitrogen and oxygen atoms in total. The molecule has 0 saturated heterocycles. The molecular formula is C33H42N2O7. The van der Waals surface area contributed by atoms with Gasteiger partial charge in [-0.15, -0.1) is 6.42 Å². The number of esters is 1. The average Bonchev–Trinajstić information content (AvgIpc) is 3.25. The number of carbonyl (C=O) groups is 2. The first-order valence-corrected chi connectivity index (χ1v) is 14.9. The highest BCUT2D eigenvalue weighted by atomic mass is 16.6. The topological polar surface area (TPSA) is 138 Å². The number of carbonyl (C=O) groups excluding carboxylic acids is 2. The van der Waals surface area contributed by atoms with Crippen LogP contribution in [0.15, 0.2) is 35.0 Å². The summed E-state index contributed by atoms with van der Waals surface area (Å²) in [5.41, 5.74) is 1.60. The molecule has 1 aromatic carbocycles. The number of rotatable bonds is 7. The third-order valence-electron chi connectivity index (χ3n) is 11.0. The Bertz CT molecular complexity index is 1350. The first-order chi connectivity index (χ1) is 19.9. The van der Waals surface area contributed by atoms with Gasteiger partial charge >= 0.3 is 5.97 Å². The minimum Gasteiger partial charge on any atom is -0.504 e. The molecule has 4 aliphatic rings. The molecular weight excluding hydrogens is 536 g/mol. The van der Waals surface area contributed by atoms with Crippen molar-refractivity contribution in [1.82, 2.24) is 5.32 Å². The van der Waals surface area contributed by atoms with Gasteiger partial charge in [0.05, 0.1) is 12.8 Å². The van der Waals surface area contributed by atoms with Crippen molar-refractivity contribution < 1.29 is 34.5 Å². The second-order valence-corrected chi connectivity index (χ2v) is 13.0. The molecule has 1 aromatic rings. The van der Waals surface area contributed by atoms with E-state index in [1.807, 2.05) is 0 Å². The number of aliphatic hydroxyl groups is 1. The number of methoxy groups -OCH3 is 1. The van der Waals surface area contributed by atoms with Crippen molar-refractivity contribution >= 4 is 17.6 Å². The summed E-state index contributed by atoms with van der Waals surface area (Å²) in [6.45, 7) is 4.23. The lowest BCUT2D eigenvalue weighted by molar-refractivity contribution is -0.145. The molecule has 226 valence electrons. The molecule has 42 heavy (non-hydrogen) atoms. The van der Waals surface area contributed by atoms with Crippen molar-refractivity contribution in [3.05, 3.63) is 35.4 Å². The Kier molecular flexibility index (Phi) is 8.06. The lowest BCUT2D eigenvalue weighted by Gasteiger charge is -2.58. The Morgan fingerprint density at radius 2 is 1.88 bits per heavy atom. The number of hydrogen-bond donors (Lipinski definition) is 4. The van der Waals surface area contributed by atoms with Crippen LogP contribution in [0.3, 0.4) is 0 Å². The maximum atomic E-state index is 12.6. The van der Waals surface area contributed by atoms with Gasteiger partial charge in [0, 0.05) is 11.8 Å². The molecule has 7 atom stereocenters. The van der Waals surface area contributed by atoms with Gasteiger partial charge in [0.1, 0.15) is 11.6 Å². The zero-order valence-electron chi connectivity index (χ0n) is 24.7. The molecule has 0 bridgehead atoms. The summed E-state index contributed by atoms with van der Waals surface area (Å²) >= 11 is 0. The van der Waals surface area contributed by atoms with Crippen LogP contribution >= 0.6 is 0 Å². The molecule has 3 saturated carbocycles. The van der Waals surface area contributed by atoms with Crippen molar-refractivity contribution in [1.29, 1.82) is 0 Å². The van der Waals surface area contributed by atoms with Gasteiger partial charge < -0.3 is 30.2 Å². The number of ether oxygens (including phenoxy) is 1. The van der Waals surface area contributed by atoms with Crippen LogP contribution in [-0.2, 0) is 25.6 Å². The van der Waals surface area contributed by atoms with Crippen LogP contribution in [0.5, 0.6) is 11.5 Å². The molecule has 3 fully saturated rings. The van der Waals surface area contributed by atoms with Crippen molar-refractivity contribution in [3.63, 3.8) is 0 Å². The van der Waals surface area contributed by atoms with E-state index >= 15 is 0 Å². The van der Waals surface area contributed by atoms with Gasteiger partial charge in [-0.05, 0) is 98.3 Å². The van der Waals surface area contributed by atoms with Gasteiger partial charge in [0.15, 0.2) is 18.1 Å². The maximum absolute atomic E-state index is 12.6. The minimum atomic E-state index is -0.999. The van der Waals surface area contributed by atoms with Gasteiger partial charge in [-0.3, -0.25) is 4.79 Å². The lowest BCUT2D eigenvalue weighted by atomic mass is 9.46. The Hall–Kier alpha value is -3.51. The molecule has 0 radical (unpaired) electrons. The molecule has 0 aliphatic heterocycles. The van der Waals surface area contributed by atoms with Crippen LogP contribution < -0.4 is 5.32 Å². The summed E-state index contributed by atoms with van der Waals surface area (Å²) in [6, 6.07) is 3.20. The van der Waals surface area contributed by atoms with Crippen LogP contribution in [0.4, 0.5) is 0 Å². The summed E-state index contributed by atoms with van der Waals surface area (Å²) in [5.74, 6) is 2.55. The van der Waals surface area contributed by atoms with Crippen molar-refractivity contribution in [2.24, 2.45) is 33.7 Å². The van der Waals surface area contributed by atoms with E-state index in [2.05, 4.69) is 36.3 Å². The number of phenols is 2. The number of nitrogens with zero attached hydrogens (tertiary/aromatic N) is 1. The predicted octanol–water partition coefficient (Wildman–Crippen LogP) is 4.00. The number of phenolic OH excluding ortho intramolecular Hbond substituents is 2. The van der Waals surface area contributed by atoms with Gasteiger partial charge in [-0.1, -0.05) is 36.6 Å². The van der Waals surface area contributed by atoms with E-state index in [9.17, 15) is 24.9 Å². The molecule has 4 N–H and O–H groups in total. The fraction of sp³-hybridized carbons (Fsp3) is 0.606. The molecule has 0 heterocycles. The number of amides is 1. The Labute approximate surface area is 247 Å². The average molecular weight is 579 g/mol. The highest BCUT2D eigenvalue weighted by Crippen LogP contribution is 2.67. The van der Waals surface area contributed by atoms with Gasteiger partial charge in [-0.2, -0.15) is 0 Å². The molecule has 0 spiro atoms. The third kappa shape index (κ3) is 5.15. The zero-order chi connectivity index (χ0) is 30.3. The predicted molar refractivity (Wildman–Crippen MR) is 156 cm³/mol. The second-order valence-electron chi connectivity index (χ2n) is 13.0. The monoisotopic (exact) mass is 578 g/mol. The minimum absolute atomic E-state index is 0.0651. The van der Waals surface area contributed by atoms with Crippen molar-refractivity contribution in [3.8, 4) is 23.8 Å². The smallest absolute Gasteiger partial charge is 0.328 e. The first-order valence-electron chi connectivity index (χ1n) is 14.9. The molecule has 9 heteroatoms. The summed E-state index contributed by atoms with van der Waals surface area (Å²) in [7, 11) is 1.23. The highest BCUT2D eigenvalue weighted by Gasteiger charge is 2.63. The molecule has 0 unspecified atom stereocenters. The third-order valence-corrected chi connectivity index (χ3v) is 11.0. The number of aromatic hydroxyl groups is 2. The Balaban J connectivity index is 1.20. The summed E-state index contributed by atoms with van der Waals surface area (Å²) < 4.78 is 4.82. The molecule has 5 rings (SSSR count). The molecule has 4 aliphatic carbocycles. The van der Waals surface area contributed by atoms with Gasteiger partial charge in [0.25, 0.3) is 5.91 Å². The number of benzene rings is 1. The summed E-state index contributed by atoms with van der Waals surface area (Å²) in [4.78, 5) is 30.3. The van der Waals surface area contributed by atoms with Crippen LogP contribution in [0, 0.1) is 40.9 Å². The Morgan fingerprint density at radius 1 is 1.12 bits per heavy atom. The fourth-order valence-electron chi connectivity index (χ4n) is 8.57. The Morgan fingerprint density at radius 3 is 2.60 bits per heavy atom. The maximum Gasteiger partial charge on any atom is 0.328 e. The van der Waals surface area contributed by atoms with E-state index in [1.54, 1.807) is 6.07 Å². The van der Waals surface area contributed by atoms with Crippen LogP contribution in [0.2, 0.25) is 0 Å². The second kappa shape index (κ2) is 11.3. The van der Waals surface area contributed by atoms with E-state index in [4.69, 9.17) is 16.0 Å². The van der Waals surface area contributed by atoms with E-state index in [-0.39, 0.29) is 35.4 Å². The van der Waals surface area contributed by atoms with Gasteiger partial charge in [0.2, 0.25) is 0 Å². The largest absolute Gasteiger partial charge is 0.504 e. The van der Waals surface area contributed by atoms with Crippen molar-refractivity contribution in [2.75, 3.05) is 13.7 Å². The van der Waals surface area contributed by atoms with Crippen LogP contribution in [0.25, 0.3) is 0 Å². The van der Waals surface area contributed by atoms with E-state index in [0.717, 1.165) is 50.7 Å². The first kappa shape index (κ1) is 30.0.